The molecule has 0 aliphatic rings. The van der Waals surface area contributed by atoms with Crippen LogP contribution in [-0.4, -0.2) is 24.9 Å². The molecule has 16 heavy (non-hydrogen) atoms. The van der Waals surface area contributed by atoms with Crippen LogP contribution in [0, 0.1) is 0 Å². The number of hydrogen-bond donors (Lipinski definition) is 2. The Morgan fingerprint density at radius 1 is 1.31 bits per heavy atom. The maximum Gasteiger partial charge on any atom is 0.168 e. The summed E-state index contributed by atoms with van der Waals surface area (Å²) >= 11 is 4.73. The summed E-state index contributed by atoms with van der Waals surface area (Å²) in [6.45, 7) is 3.82. The molecule has 88 valence electrons. The van der Waals surface area contributed by atoms with Gasteiger partial charge in [0.15, 0.2) is 5.11 Å². The molecule has 0 radical (unpaired) electrons. The summed E-state index contributed by atoms with van der Waals surface area (Å²) in [5.74, 6) is 0.799. The van der Waals surface area contributed by atoms with Gasteiger partial charge in [-0.2, -0.15) is 0 Å². The highest BCUT2D eigenvalue weighted by atomic mass is 32.1. The Kier molecular flexibility index (Phi) is 5.60. The molecule has 0 aliphatic carbocycles. The first kappa shape index (κ1) is 12.7. The molecule has 0 atom stereocenters. The van der Waals surface area contributed by atoms with Crippen molar-refractivity contribution >= 4 is 23.0 Å². The van der Waals surface area contributed by atoms with Crippen molar-refractivity contribution in [3.05, 3.63) is 24.3 Å². The normalized spacial score (nSPS) is 9.81. The molecule has 0 unspecified atom stereocenters. The van der Waals surface area contributed by atoms with Gasteiger partial charge < -0.3 is 20.5 Å². The number of nitrogens with two attached hydrogens (primary N) is 1. The van der Waals surface area contributed by atoms with Gasteiger partial charge >= 0.3 is 0 Å². The van der Waals surface area contributed by atoms with Gasteiger partial charge in [0.1, 0.15) is 12.4 Å². The zero-order valence-corrected chi connectivity index (χ0v) is 10.0. The minimum Gasteiger partial charge on any atom is -0.491 e. The van der Waals surface area contributed by atoms with E-state index in [1.54, 1.807) is 0 Å². The molecule has 0 heterocycles. The van der Waals surface area contributed by atoms with Gasteiger partial charge in [0.2, 0.25) is 0 Å². The van der Waals surface area contributed by atoms with Gasteiger partial charge in [0, 0.05) is 12.3 Å². The third kappa shape index (κ3) is 4.95. The van der Waals surface area contributed by atoms with Crippen LogP contribution < -0.4 is 15.8 Å². The van der Waals surface area contributed by atoms with Crippen LogP contribution in [0.15, 0.2) is 24.3 Å². The molecule has 1 rings (SSSR count). The molecule has 3 N–H and O–H groups in total. The maximum absolute atomic E-state index is 5.45. The molecule has 0 amide bonds. The Labute approximate surface area is 101 Å². The van der Waals surface area contributed by atoms with Crippen molar-refractivity contribution in [3.63, 3.8) is 0 Å². The Balaban J connectivity index is 2.36. The topological polar surface area (TPSA) is 56.5 Å². The van der Waals surface area contributed by atoms with E-state index >= 15 is 0 Å². The van der Waals surface area contributed by atoms with Crippen molar-refractivity contribution in [2.75, 3.05) is 25.1 Å². The van der Waals surface area contributed by atoms with E-state index in [1.165, 1.54) is 0 Å². The van der Waals surface area contributed by atoms with E-state index in [0.717, 1.165) is 11.4 Å². The molecule has 0 fully saturated rings. The monoisotopic (exact) mass is 240 g/mol. The number of thiocarbonyl (C=S) groups is 1. The molecule has 0 aliphatic heterocycles. The summed E-state index contributed by atoms with van der Waals surface area (Å²) < 4.78 is 10.6. The van der Waals surface area contributed by atoms with Crippen LogP contribution in [0.4, 0.5) is 5.69 Å². The highest BCUT2D eigenvalue weighted by Crippen LogP contribution is 2.15. The van der Waals surface area contributed by atoms with Gasteiger partial charge in [0.25, 0.3) is 0 Å². The van der Waals surface area contributed by atoms with Crippen LogP contribution in [-0.2, 0) is 4.74 Å². The lowest BCUT2D eigenvalue weighted by molar-refractivity contribution is 0.110. The van der Waals surface area contributed by atoms with Gasteiger partial charge in [0.05, 0.1) is 6.61 Å². The minimum absolute atomic E-state index is 0.255. The van der Waals surface area contributed by atoms with E-state index < -0.39 is 0 Å². The number of ether oxygens (including phenoxy) is 2. The quantitative estimate of drug-likeness (QED) is 0.586. The molecular weight excluding hydrogens is 224 g/mol. The maximum atomic E-state index is 5.45. The van der Waals surface area contributed by atoms with Crippen molar-refractivity contribution in [1.82, 2.24) is 0 Å². The van der Waals surface area contributed by atoms with Crippen LogP contribution in [0.5, 0.6) is 5.75 Å². The molecule has 5 heteroatoms. The summed E-state index contributed by atoms with van der Waals surface area (Å²) in [6, 6.07) is 7.42. The molecule has 4 nitrogen and oxygen atoms in total. The van der Waals surface area contributed by atoms with E-state index in [0.29, 0.717) is 19.8 Å². The molecule has 1 aromatic carbocycles. The first-order chi connectivity index (χ1) is 7.72. The van der Waals surface area contributed by atoms with Gasteiger partial charge in [-0.1, -0.05) is 0 Å². The second-order valence-corrected chi connectivity index (χ2v) is 3.50. The number of benzene rings is 1. The molecule has 0 bridgehead atoms. The standard InChI is InChI=1S/C11H16N2O2S/c1-2-14-7-8-15-10-5-3-9(4-6-10)13-11(12)16/h3-6H,2,7-8H2,1H3,(H3,12,13,16). The molecule has 0 aromatic heterocycles. The van der Waals surface area contributed by atoms with Gasteiger partial charge in [-0.3, -0.25) is 0 Å². The highest BCUT2D eigenvalue weighted by Gasteiger charge is 1.95. The summed E-state index contributed by atoms with van der Waals surface area (Å²) in [7, 11) is 0. The van der Waals surface area contributed by atoms with Crippen LogP contribution in [0.2, 0.25) is 0 Å². The Hall–Kier alpha value is -1.33. The van der Waals surface area contributed by atoms with Crippen LogP contribution in [0.1, 0.15) is 6.92 Å². The van der Waals surface area contributed by atoms with E-state index in [1.807, 2.05) is 31.2 Å². The molecular formula is C11H16N2O2S. The fourth-order valence-electron chi connectivity index (χ4n) is 1.14. The lowest BCUT2D eigenvalue weighted by atomic mass is 10.3. The van der Waals surface area contributed by atoms with Gasteiger partial charge in [-0.05, 0) is 43.4 Å². The minimum atomic E-state index is 0.255. The molecule has 1 aromatic rings. The van der Waals surface area contributed by atoms with Crippen LogP contribution in [0.3, 0.4) is 0 Å². The predicted octanol–water partition coefficient (Wildman–Crippen LogP) is 1.76. The lowest BCUT2D eigenvalue weighted by Gasteiger charge is -2.07. The van der Waals surface area contributed by atoms with Crippen molar-refractivity contribution in [1.29, 1.82) is 0 Å². The van der Waals surface area contributed by atoms with E-state index in [2.05, 4.69) is 5.32 Å². The second-order valence-electron chi connectivity index (χ2n) is 3.06. The fraction of sp³-hybridized carbons (Fsp3) is 0.364. The number of nitrogens with one attached hydrogen (secondary N) is 1. The average molecular weight is 240 g/mol. The Bertz CT molecular complexity index is 327. The summed E-state index contributed by atoms with van der Waals surface area (Å²) in [4.78, 5) is 0. The largest absolute Gasteiger partial charge is 0.491 e. The first-order valence-electron chi connectivity index (χ1n) is 5.09. The summed E-state index contributed by atoms with van der Waals surface area (Å²) in [5, 5.41) is 3.09. The van der Waals surface area contributed by atoms with Crippen molar-refractivity contribution in [2.24, 2.45) is 5.73 Å². The second kappa shape index (κ2) is 7.03. The third-order valence-electron chi connectivity index (χ3n) is 1.82. The SMILES string of the molecule is CCOCCOc1ccc(NC(N)=S)cc1. The van der Waals surface area contributed by atoms with E-state index in [-0.39, 0.29) is 5.11 Å². The van der Waals surface area contributed by atoms with Crippen molar-refractivity contribution in [2.45, 2.75) is 6.92 Å². The number of rotatable bonds is 6. The smallest absolute Gasteiger partial charge is 0.168 e. The number of hydrogen-bond acceptors (Lipinski definition) is 3. The molecule has 0 spiro atoms. The van der Waals surface area contributed by atoms with E-state index in [9.17, 15) is 0 Å². The zero-order valence-electron chi connectivity index (χ0n) is 9.23. The number of anilines is 1. The Morgan fingerprint density at radius 2 is 2.00 bits per heavy atom. The van der Waals surface area contributed by atoms with Crippen LogP contribution in [0.25, 0.3) is 0 Å². The first-order valence-corrected chi connectivity index (χ1v) is 5.50. The average Bonchev–Trinajstić information content (AvgIpc) is 2.26. The summed E-state index contributed by atoms with van der Waals surface area (Å²) in [5.41, 5.74) is 6.20. The predicted molar refractivity (Wildman–Crippen MR) is 68.8 cm³/mol. The van der Waals surface area contributed by atoms with Crippen molar-refractivity contribution < 1.29 is 9.47 Å². The molecule has 0 saturated carbocycles. The van der Waals surface area contributed by atoms with Crippen LogP contribution >= 0.6 is 12.2 Å². The lowest BCUT2D eigenvalue weighted by Crippen LogP contribution is -2.18. The van der Waals surface area contributed by atoms with Gasteiger partial charge in [-0.15, -0.1) is 0 Å². The van der Waals surface area contributed by atoms with Crippen molar-refractivity contribution in [3.8, 4) is 5.75 Å². The fourth-order valence-corrected chi connectivity index (χ4v) is 1.26. The Morgan fingerprint density at radius 3 is 2.56 bits per heavy atom. The van der Waals surface area contributed by atoms with E-state index in [4.69, 9.17) is 27.4 Å². The zero-order chi connectivity index (χ0) is 11.8. The third-order valence-corrected chi connectivity index (χ3v) is 1.92. The summed E-state index contributed by atoms with van der Waals surface area (Å²) in [6.07, 6.45) is 0. The molecule has 0 saturated heterocycles. The van der Waals surface area contributed by atoms with Gasteiger partial charge in [-0.25, -0.2) is 0 Å². The highest BCUT2D eigenvalue weighted by molar-refractivity contribution is 7.80.